The molecule has 1 saturated heterocycles. The lowest BCUT2D eigenvalue weighted by Gasteiger charge is -2.27. The highest BCUT2D eigenvalue weighted by Gasteiger charge is 2.12. The van der Waals surface area contributed by atoms with Crippen LogP contribution in [0.15, 0.2) is 33.7 Å². The van der Waals surface area contributed by atoms with E-state index in [-0.39, 0.29) is 0 Å². The Morgan fingerprint density at radius 2 is 2.12 bits per heavy atom. The highest BCUT2D eigenvalue weighted by molar-refractivity contribution is 9.10. The molecule has 5 heteroatoms. The van der Waals surface area contributed by atoms with E-state index in [1.807, 2.05) is 29.2 Å². The number of hydrogen-bond donors (Lipinski definition) is 1. The van der Waals surface area contributed by atoms with Gasteiger partial charge in [-0.1, -0.05) is 22.0 Å². The Morgan fingerprint density at radius 1 is 1.38 bits per heavy atom. The fraction of sp³-hybridized carbons (Fsp3) is 0.364. The third-order valence-electron chi connectivity index (χ3n) is 2.39. The van der Waals surface area contributed by atoms with Gasteiger partial charge < -0.3 is 15.4 Å². The molecule has 0 spiro atoms. The molecule has 1 fully saturated rings. The minimum atomic E-state index is 0.557. The lowest BCUT2D eigenvalue weighted by Crippen LogP contribution is -2.44. The molecule has 0 amide bonds. The van der Waals surface area contributed by atoms with Crippen LogP contribution < -0.4 is 5.73 Å². The number of aliphatic imine (C=N–C) groups is 1. The quantitative estimate of drug-likeness (QED) is 0.631. The van der Waals surface area contributed by atoms with E-state index >= 15 is 0 Å². The standard InChI is InChI=1S/C11H14BrN3O/c12-9-2-1-3-10(8-9)14-11(13)15-4-6-16-7-5-15/h1-3,8H,4-7H2,(H2,13,14). The van der Waals surface area contributed by atoms with E-state index in [0.29, 0.717) is 19.2 Å². The van der Waals surface area contributed by atoms with Crippen molar-refractivity contribution in [1.82, 2.24) is 4.90 Å². The number of rotatable bonds is 1. The molecule has 1 aliphatic heterocycles. The zero-order chi connectivity index (χ0) is 11.4. The maximum Gasteiger partial charge on any atom is 0.196 e. The Hall–Kier alpha value is -1.07. The maximum atomic E-state index is 5.94. The van der Waals surface area contributed by atoms with Crippen LogP contribution in [0.4, 0.5) is 5.69 Å². The van der Waals surface area contributed by atoms with Crippen LogP contribution in [0, 0.1) is 0 Å². The number of guanidine groups is 1. The summed E-state index contributed by atoms with van der Waals surface area (Å²) < 4.78 is 6.26. The van der Waals surface area contributed by atoms with Gasteiger partial charge in [-0.05, 0) is 18.2 Å². The molecule has 0 bridgehead atoms. The summed E-state index contributed by atoms with van der Waals surface area (Å²) in [7, 11) is 0. The third kappa shape index (κ3) is 2.96. The topological polar surface area (TPSA) is 50.8 Å². The highest BCUT2D eigenvalue weighted by atomic mass is 79.9. The first-order chi connectivity index (χ1) is 7.75. The van der Waals surface area contributed by atoms with Gasteiger partial charge in [0.2, 0.25) is 0 Å². The van der Waals surface area contributed by atoms with Crippen molar-refractivity contribution in [2.45, 2.75) is 0 Å². The van der Waals surface area contributed by atoms with Crippen LogP contribution in [-0.2, 0) is 4.74 Å². The SMILES string of the molecule is NC(=Nc1cccc(Br)c1)N1CCOCC1. The molecule has 4 nitrogen and oxygen atoms in total. The first-order valence-electron chi connectivity index (χ1n) is 5.18. The van der Waals surface area contributed by atoms with Crippen molar-refractivity contribution in [2.75, 3.05) is 26.3 Å². The second-order valence-electron chi connectivity index (χ2n) is 3.55. The van der Waals surface area contributed by atoms with Crippen molar-refractivity contribution in [3.8, 4) is 0 Å². The fourth-order valence-electron chi connectivity index (χ4n) is 1.54. The van der Waals surface area contributed by atoms with Crippen molar-refractivity contribution in [3.05, 3.63) is 28.7 Å². The highest BCUT2D eigenvalue weighted by Crippen LogP contribution is 2.18. The second kappa shape index (κ2) is 5.32. The molecule has 0 saturated carbocycles. The summed E-state index contributed by atoms with van der Waals surface area (Å²) in [6.45, 7) is 3.05. The molecule has 86 valence electrons. The summed E-state index contributed by atoms with van der Waals surface area (Å²) in [6.07, 6.45) is 0. The number of benzene rings is 1. The molecule has 16 heavy (non-hydrogen) atoms. The lowest BCUT2D eigenvalue weighted by molar-refractivity contribution is 0.0675. The van der Waals surface area contributed by atoms with Gasteiger partial charge in [0, 0.05) is 17.6 Å². The molecular formula is C11H14BrN3O. The van der Waals surface area contributed by atoms with E-state index in [4.69, 9.17) is 10.5 Å². The molecular weight excluding hydrogens is 270 g/mol. The fourth-order valence-corrected chi connectivity index (χ4v) is 1.93. The Kier molecular flexibility index (Phi) is 3.79. The van der Waals surface area contributed by atoms with Crippen molar-refractivity contribution in [2.24, 2.45) is 10.7 Å². The first-order valence-corrected chi connectivity index (χ1v) is 5.97. The molecule has 2 N–H and O–H groups in total. The largest absolute Gasteiger partial charge is 0.378 e. The van der Waals surface area contributed by atoms with Crippen LogP contribution in [-0.4, -0.2) is 37.2 Å². The van der Waals surface area contributed by atoms with Crippen LogP contribution in [0.25, 0.3) is 0 Å². The van der Waals surface area contributed by atoms with Gasteiger partial charge in [-0.3, -0.25) is 0 Å². The Labute approximate surface area is 103 Å². The zero-order valence-corrected chi connectivity index (χ0v) is 10.5. The van der Waals surface area contributed by atoms with Crippen LogP contribution >= 0.6 is 15.9 Å². The molecule has 2 rings (SSSR count). The maximum absolute atomic E-state index is 5.94. The van der Waals surface area contributed by atoms with Gasteiger partial charge in [0.1, 0.15) is 0 Å². The molecule has 0 aliphatic carbocycles. The van der Waals surface area contributed by atoms with E-state index in [9.17, 15) is 0 Å². The zero-order valence-electron chi connectivity index (χ0n) is 8.90. The van der Waals surface area contributed by atoms with Crippen LogP contribution in [0.1, 0.15) is 0 Å². The number of morpholine rings is 1. The summed E-state index contributed by atoms with van der Waals surface area (Å²) >= 11 is 3.40. The van der Waals surface area contributed by atoms with E-state index in [0.717, 1.165) is 23.2 Å². The predicted molar refractivity (Wildman–Crippen MR) is 67.8 cm³/mol. The normalized spacial score (nSPS) is 17.6. The van der Waals surface area contributed by atoms with Gasteiger partial charge in [0.25, 0.3) is 0 Å². The van der Waals surface area contributed by atoms with E-state index < -0.39 is 0 Å². The number of ether oxygens (including phenoxy) is 1. The Balaban J connectivity index is 2.10. The molecule has 1 aliphatic rings. The third-order valence-corrected chi connectivity index (χ3v) is 2.88. The predicted octanol–water partition coefficient (Wildman–Crippen LogP) is 1.73. The minimum absolute atomic E-state index is 0.557. The van der Waals surface area contributed by atoms with Crippen molar-refractivity contribution >= 4 is 27.6 Å². The van der Waals surface area contributed by atoms with Crippen molar-refractivity contribution in [1.29, 1.82) is 0 Å². The summed E-state index contributed by atoms with van der Waals surface area (Å²) in [5.41, 5.74) is 6.80. The smallest absolute Gasteiger partial charge is 0.196 e. The van der Waals surface area contributed by atoms with Gasteiger partial charge in [0.15, 0.2) is 5.96 Å². The Bertz CT molecular complexity index is 389. The van der Waals surface area contributed by atoms with Gasteiger partial charge in [-0.25, -0.2) is 4.99 Å². The van der Waals surface area contributed by atoms with E-state index in [1.165, 1.54) is 0 Å². The summed E-state index contributed by atoms with van der Waals surface area (Å²) in [5, 5.41) is 0. The van der Waals surface area contributed by atoms with Crippen LogP contribution in [0.2, 0.25) is 0 Å². The summed E-state index contributed by atoms with van der Waals surface area (Å²) in [4.78, 5) is 6.41. The molecule has 1 aromatic carbocycles. The molecule has 0 aromatic heterocycles. The Morgan fingerprint density at radius 3 is 2.81 bits per heavy atom. The number of halogens is 1. The van der Waals surface area contributed by atoms with E-state index in [2.05, 4.69) is 20.9 Å². The van der Waals surface area contributed by atoms with E-state index in [1.54, 1.807) is 0 Å². The molecule has 0 radical (unpaired) electrons. The molecule has 1 aromatic rings. The minimum Gasteiger partial charge on any atom is -0.378 e. The molecule has 0 atom stereocenters. The lowest BCUT2D eigenvalue weighted by atomic mass is 10.3. The van der Waals surface area contributed by atoms with Gasteiger partial charge in [-0.15, -0.1) is 0 Å². The number of hydrogen-bond acceptors (Lipinski definition) is 2. The van der Waals surface area contributed by atoms with Crippen LogP contribution in [0.3, 0.4) is 0 Å². The van der Waals surface area contributed by atoms with Gasteiger partial charge in [0.05, 0.1) is 18.9 Å². The number of nitrogens with zero attached hydrogens (tertiary/aromatic N) is 2. The monoisotopic (exact) mass is 283 g/mol. The summed E-state index contributed by atoms with van der Waals surface area (Å²) in [5.74, 6) is 0.557. The number of nitrogens with two attached hydrogens (primary N) is 1. The average molecular weight is 284 g/mol. The molecule has 1 heterocycles. The van der Waals surface area contributed by atoms with Crippen molar-refractivity contribution < 1.29 is 4.74 Å². The van der Waals surface area contributed by atoms with Gasteiger partial charge in [-0.2, -0.15) is 0 Å². The first kappa shape index (κ1) is 11.4. The van der Waals surface area contributed by atoms with Crippen LogP contribution in [0.5, 0.6) is 0 Å². The second-order valence-corrected chi connectivity index (χ2v) is 4.46. The van der Waals surface area contributed by atoms with Crippen molar-refractivity contribution in [3.63, 3.8) is 0 Å². The summed E-state index contributed by atoms with van der Waals surface area (Å²) in [6, 6.07) is 7.77. The van der Waals surface area contributed by atoms with Gasteiger partial charge >= 0.3 is 0 Å². The molecule has 0 unspecified atom stereocenters. The average Bonchev–Trinajstić information content (AvgIpc) is 2.30.